The topological polar surface area (TPSA) is 66.5 Å². The van der Waals surface area contributed by atoms with Crippen molar-refractivity contribution in [3.8, 4) is 0 Å². The first-order chi connectivity index (χ1) is 7.30. The molecule has 5 nitrogen and oxygen atoms in total. The quantitative estimate of drug-likeness (QED) is 0.825. The molecule has 1 aromatic carbocycles. The highest BCUT2D eigenvalue weighted by Crippen LogP contribution is 2.17. The zero-order chi connectivity index (χ0) is 12.3. The van der Waals surface area contributed by atoms with E-state index >= 15 is 0 Å². The van der Waals surface area contributed by atoms with Crippen LogP contribution >= 0.6 is 10.7 Å². The van der Waals surface area contributed by atoms with Crippen molar-refractivity contribution in [1.82, 2.24) is 4.90 Å². The maximum atomic E-state index is 11.3. The first-order valence-electron chi connectivity index (χ1n) is 4.34. The third kappa shape index (κ3) is 3.39. The van der Waals surface area contributed by atoms with Gasteiger partial charge in [0.1, 0.15) is 0 Å². The Bertz CT molecular complexity index is 482. The van der Waals surface area contributed by atoms with E-state index in [0.717, 1.165) is 0 Å². The number of nitrogens with one attached hydrogen (secondary N) is 1. The SMILES string of the molecule is CN(C)C(=O)Nc1ccc(S(=O)(=O)Cl)cc1. The van der Waals surface area contributed by atoms with Gasteiger partial charge in [0.2, 0.25) is 0 Å². The number of carbonyl (C=O) groups is 1. The van der Waals surface area contributed by atoms with Gasteiger partial charge >= 0.3 is 6.03 Å². The summed E-state index contributed by atoms with van der Waals surface area (Å²) in [6, 6.07) is 5.30. The number of anilines is 1. The lowest BCUT2D eigenvalue weighted by Gasteiger charge is -2.11. The summed E-state index contributed by atoms with van der Waals surface area (Å²) in [5.74, 6) is 0. The summed E-state index contributed by atoms with van der Waals surface area (Å²) in [6.45, 7) is 0. The van der Waals surface area contributed by atoms with Gasteiger partial charge in [-0.2, -0.15) is 0 Å². The normalized spacial score (nSPS) is 10.9. The molecule has 0 saturated heterocycles. The van der Waals surface area contributed by atoms with Crippen molar-refractivity contribution in [2.45, 2.75) is 4.90 Å². The predicted octanol–water partition coefficient (Wildman–Crippen LogP) is 1.71. The highest BCUT2D eigenvalue weighted by molar-refractivity contribution is 8.13. The standard InChI is InChI=1S/C9H11ClN2O3S/c1-12(2)9(13)11-7-3-5-8(6-4-7)16(10,14)15/h3-6H,1-2H3,(H,11,13). The lowest BCUT2D eigenvalue weighted by atomic mass is 10.3. The number of rotatable bonds is 2. The number of carbonyl (C=O) groups excluding carboxylic acids is 1. The van der Waals surface area contributed by atoms with Crippen LogP contribution in [0.15, 0.2) is 29.2 Å². The lowest BCUT2D eigenvalue weighted by molar-refractivity contribution is 0.230. The molecule has 0 fully saturated rings. The maximum Gasteiger partial charge on any atom is 0.321 e. The van der Waals surface area contributed by atoms with E-state index in [1.807, 2.05) is 0 Å². The Morgan fingerprint density at radius 2 is 1.75 bits per heavy atom. The summed E-state index contributed by atoms with van der Waals surface area (Å²) in [5.41, 5.74) is 0.503. The van der Waals surface area contributed by atoms with Crippen LogP contribution in [-0.4, -0.2) is 33.4 Å². The summed E-state index contributed by atoms with van der Waals surface area (Å²) in [4.78, 5) is 12.6. The number of benzene rings is 1. The molecular weight excluding hydrogens is 252 g/mol. The van der Waals surface area contributed by atoms with Crippen molar-refractivity contribution in [1.29, 1.82) is 0 Å². The lowest BCUT2D eigenvalue weighted by Crippen LogP contribution is -2.27. The molecule has 1 aromatic rings. The van der Waals surface area contributed by atoms with Gasteiger partial charge in [0.15, 0.2) is 0 Å². The zero-order valence-electron chi connectivity index (χ0n) is 8.77. The molecule has 2 amide bonds. The average Bonchev–Trinajstić information content (AvgIpc) is 2.17. The van der Waals surface area contributed by atoms with Crippen LogP contribution in [0.1, 0.15) is 0 Å². The van der Waals surface area contributed by atoms with Crippen molar-refractivity contribution in [2.75, 3.05) is 19.4 Å². The molecule has 0 aliphatic heterocycles. The van der Waals surface area contributed by atoms with Gasteiger partial charge in [-0.25, -0.2) is 13.2 Å². The molecule has 16 heavy (non-hydrogen) atoms. The highest BCUT2D eigenvalue weighted by Gasteiger charge is 2.10. The van der Waals surface area contributed by atoms with Crippen molar-refractivity contribution in [2.24, 2.45) is 0 Å². The number of halogens is 1. The van der Waals surface area contributed by atoms with E-state index in [1.165, 1.54) is 29.2 Å². The van der Waals surface area contributed by atoms with E-state index < -0.39 is 9.05 Å². The molecule has 0 aliphatic rings. The van der Waals surface area contributed by atoms with E-state index in [2.05, 4.69) is 5.32 Å². The Hall–Kier alpha value is -1.27. The Labute approximate surface area is 98.4 Å². The van der Waals surface area contributed by atoms with Crippen molar-refractivity contribution in [3.05, 3.63) is 24.3 Å². The van der Waals surface area contributed by atoms with Gasteiger partial charge < -0.3 is 10.2 Å². The van der Waals surface area contributed by atoms with Gasteiger partial charge in [-0.1, -0.05) is 0 Å². The summed E-state index contributed by atoms with van der Waals surface area (Å²) in [5, 5.41) is 2.57. The molecule has 0 radical (unpaired) electrons. The number of hydrogen-bond acceptors (Lipinski definition) is 3. The predicted molar refractivity (Wildman–Crippen MR) is 62.2 cm³/mol. The Balaban J connectivity index is 2.84. The minimum Gasteiger partial charge on any atom is -0.331 e. The molecular formula is C9H11ClN2O3S. The third-order valence-corrected chi connectivity index (χ3v) is 3.16. The molecule has 0 spiro atoms. The van der Waals surface area contributed by atoms with Crippen LogP contribution in [0.25, 0.3) is 0 Å². The third-order valence-electron chi connectivity index (χ3n) is 1.79. The fraction of sp³-hybridized carbons (Fsp3) is 0.222. The second kappa shape index (κ2) is 4.71. The number of nitrogens with zero attached hydrogens (tertiary/aromatic N) is 1. The number of urea groups is 1. The van der Waals surface area contributed by atoms with E-state index in [9.17, 15) is 13.2 Å². The molecule has 0 saturated carbocycles. The first-order valence-corrected chi connectivity index (χ1v) is 6.64. The van der Waals surface area contributed by atoms with E-state index in [1.54, 1.807) is 14.1 Å². The van der Waals surface area contributed by atoms with Crippen LogP contribution in [0.2, 0.25) is 0 Å². The average molecular weight is 263 g/mol. The Morgan fingerprint density at radius 3 is 2.12 bits per heavy atom. The van der Waals surface area contributed by atoms with E-state index in [-0.39, 0.29) is 10.9 Å². The molecule has 0 bridgehead atoms. The smallest absolute Gasteiger partial charge is 0.321 e. The first kappa shape index (κ1) is 12.8. The summed E-state index contributed by atoms with van der Waals surface area (Å²) in [6.07, 6.45) is 0. The Morgan fingerprint density at radius 1 is 1.25 bits per heavy atom. The van der Waals surface area contributed by atoms with Gasteiger partial charge in [-0.15, -0.1) is 0 Å². The summed E-state index contributed by atoms with van der Waals surface area (Å²) < 4.78 is 21.9. The molecule has 0 heterocycles. The zero-order valence-corrected chi connectivity index (χ0v) is 10.3. The largest absolute Gasteiger partial charge is 0.331 e. The maximum absolute atomic E-state index is 11.3. The second-order valence-corrected chi connectivity index (χ2v) is 5.85. The molecule has 1 rings (SSSR count). The van der Waals surface area contributed by atoms with Crippen molar-refractivity contribution in [3.63, 3.8) is 0 Å². The van der Waals surface area contributed by atoms with Crippen molar-refractivity contribution < 1.29 is 13.2 Å². The fourth-order valence-electron chi connectivity index (χ4n) is 0.936. The van der Waals surface area contributed by atoms with E-state index in [4.69, 9.17) is 10.7 Å². The molecule has 88 valence electrons. The number of amides is 2. The van der Waals surface area contributed by atoms with Crippen LogP contribution < -0.4 is 5.32 Å². The molecule has 0 unspecified atom stereocenters. The van der Waals surface area contributed by atoms with Crippen LogP contribution in [0.5, 0.6) is 0 Å². The fourth-order valence-corrected chi connectivity index (χ4v) is 1.71. The van der Waals surface area contributed by atoms with Gasteiger partial charge in [0.05, 0.1) is 4.90 Å². The van der Waals surface area contributed by atoms with Crippen molar-refractivity contribution >= 4 is 31.5 Å². The Kier molecular flexibility index (Phi) is 3.77. The molecule has 0 aliphatic carbocycles. The highest BCUT2D eigenvalue weighted by atomic mass is 35.7. The van der Waals surface area contributed by atoms with Gasteiger partial charge in [0, 0.05) is 30.5 Å². The van der Waals surface area contributed by atoms with Crippen LogP contribution in [0.4, 0.5) is 10.5 Å². The van der Waals surface area contributed by atoms with Gasteiger partial charge in [-0.3, -0.25) is 0 Å². The monoisotopic (exact) mass is 262 g/mol. The van der Waals surface area contributed by atoms with Crippen LogP contribution in [0.3, 0.4) is 0 Å². The molecule has 7 heteroatoms. The minimum atomic E-state index is -3.72. The van der Waals surface area contributed by atoms with Gasteiger partial charge in [0.25, 0.3) is 9.05 Å². The summed E-state index contributed by atoms with van der Waals surface area (Å²) in [7, 11) is 4.64. The molecule has 0 atom stereocenters. The van der Waals surface area contributed by atoms with Crippen LogP contribution in [-0.2, 0) is 9.05 Å². The number of hydrogen-bond donors (Lipinski definition) is 1. The van der Waals surface area contributed by atoms with E-state index in [0.29, 0.717) is 5.69 Å². The summed E-state index contributed by atoms with van der Waals surface area (Å²) >= 11 is 0. The van der Waals surface area contributed by atoms with Crippen LogP contribution in [0, 0.1) is 0 Å². The molecule has 1 N–H and O–H groups in total. The molecule has 0 aromatic heterocycles. The minimum absolute atomic E-state index is 0.00276. The second-order valence-electron chi connectivity index (χ2n) is 3.29. The van der Waals surface area contributed by atoms with Gasteiger partial charge in [-0.05, 0) is 24.3 Å².